The van der Waals surface area contributed by atoms with Gasteiger partial charge in [-0.15, -0.1) is 0 Å². The first kappa shape index (κ1) is 14.8. The third kappa shape index (κ3) is 4.45. The summed E-state index contributed by atoms with van der Waals surface area (Å²) in [5, 5.41) is 8.55. The van der Waals surface area contributed by atoms with Gasteiger partial charge in [-0.1, -0.05) is 26.0 Å². The van der Waals surface area contributed by atoms with Gasteiger partial charge in [-0.05, 0) is 41.3 Å². The van der Waals surface area contributed by atoms with Gasteiger partial charge in [0.05, 0.1) is 0 Å². The van der Waals surface area contributed by atoms with Gasteiger partial charge in [0.25, 0.3) is 0 Å². The molecule has 0 fully saturated rings. The van der Waals surface area contributed by atoms with Crippen molar-refractivity contribution in [1.29, 1.82) is 0 Å². The van der Waals surface area contributed by atoms with Gasteiger partial charge in [-0.2, -0.15) is 0 Å². The molecule has 0 saturated carbocycles. The number of rotatable bonds is 5. The van der Waals surface area contributed by atoms with Crippen LogP contribution in [0.1, 0.15) is 30.9 Å². The van der Waals surface area contributed by atoms with Crippen LogP contribution in [-0.2, 0) is 4.79 Å². The number of aliphatic carboxylic acids is 1. The molecular weight excluding hydrogens is 266 g/mol. The van der Waals surface area contributed by atoms with Crippen LogP contribution >= 0.6 is 0 Å². The van der Waals surface area contributed by atoms with Crippen molar-refractivity contribution in [3.05, 3.63) is 59.8 Å². The molecule has 0 aliphatic carbocycles. The maximum atomic E-state index is 10.4. The van der Waals surface area contributed by atoms with Crippen LogP contribution < -0.4 is 4.74 Å². The molecule has 0 spiro atoms. The number of hydrogen-bond acceptors (Lipinski definition) is 3. The zero-order valence-electron chi connectivity index (χ0n) is 12.0. The van der Waals surface area contributed by atoms with Crippen molar-refractivity contribution in [3.63, 3.8) is 0 Å². The van der Waals surface area contributed by atoms with Crippen LogP contribution in [0.5, 0.6) is 11.6 Å². The van der Waals surface area contributed by atoms with Gasteiger partial charge in [-0.3, -0.25) is 0 Å². The molecule has 0 unspecified atom stereocenters. The number of ether oxygens (including phenoxy) is 1. The summed E-state index contributed by atoms with van der Waals surface area (Å²) in [6.07, 6.45) is 4.12. The van der Waals surface area contributed by atoms with E-state index in [1.165, 1.54) is 11.6 Å². The molecule has 4 nitrogen and oxygen atoms in total. The SMILES string of the molecule is CC(C)c1ccc(Oc2ccc(/C=C/C(=O)O)cn2)cc1. The lowest BCUT2D eigenvalue weighted by Gasteiger charge is -2.08. The van der Waals surface area contributed by atoms with E-state index in [2.05, 4.69) is 18.8 Å². The van der Waals surface area contributed by atoms with Gasteiger partial charge in [0.1, 0.15) is 5.75 Å². The molecule has 1 N–H and O–H groups in total. The van der Waals surface area contributed by atoms with Crippen LogP contribution in [0.4, 0.5) is 0 Å². The van der Waals surface area contributed by atoms with E-state index in [9.17, 15) is 4.79 Å². The Morgan fingerprint density at radius 2 is 1.90 bits per heavy atom. The van der Waals surface area contributed by atoms with E-state index in [1.54, 1.807) is 18.3 Å². The highest BCUT2D eigenvalue weighted by molar-refractivity contribution is 5.85. The van der Waals surface area contributed by atoms with Crippen molar-refractivity contribution >= 4 is 12.0 Å². The second-order valence-corrected chi connectivity index (χ2v) is 4.93. The lowest BCUT2D eigenvalue weighted by atomic mass is 10.0. The van der Waals surface area contributed by atoms with E-state index < -0.39 is 5.97 Å². The summed E-state index contributed by atoms with van der Waals surface area (Å²) in [7, 11) is 0. The zero-order valence-corrected chi connectivity index (χ0v) is 12.0. The van der Waals surface area contributed by atoms with Crippen molar-refractivity contribution in [2.24, 2.45) is 0 Å². The first-order valence-corrected chi connectivity index (χ1v) is 6.69. The average molecular weight is 283 g/mol. The smallest absolute Gasteiger partial charge is 0.328 e. The molecule has 4 heteroatoms. The molecule has 2 aromatic rings. The molecule has 2 rings (SSSR count). The Morgan fingerprint density at radius 1 is 1.19 bits per heavy atom. The third-order valence-corrected chi connectivity index (χ3v) is 2.95. The van der Waals surface area contributed by atoms with Gasteiger partial charge >= 0.3 is 5.97 Å². The van der Waals surface area contributed by atoms with Crippen LogP contribution in [-0.4, -0.2) is 16.1 Å². The van der Waals surface area contributed by atoms with Crippen molar-refractivity contribution in [2.75, 3.05) is 0 Å². The van der Waals surface area contributed by atoms with Gasteiger partial charge in [-0.25, -0.2) is 9.78 Å². The van der Waals surface area contributed by atoms with E-state index in [0.29, 0.717) is 17.4 Å². The number of nitrogens with zero attached hydrogens (tertiary/aromatic N) is 1. The van der Waals surface area contributed by atoms with E-state index in [0.717, 1.165) is 11.8 Å². The van der Waals surface area contributed by atoms with Crippen LogP contribution in [0, 0.1) is 0 Å². The monoisotopic (exact) mass is 283 g/mol. The molecule has 1 aromatic heterocycles. The topological polar surface area (TPSA) is 59.4 Å². The van der Waals surface area contributed by atoms with Crippen LogP contribution in [0.15, 0.2) is 48.7 Å². The number of pyridine rings is 1. The van der Waals surface area contributed by atoms with Crippen molar-refractivity contribution < 1.29 is 14.6 Å². The van der Waals surface area contributed by atoms with Gasteiger partial charge in [0.2, 0.25) is 5.88 Å². The highest BCUT2D eigenvalue weighted by atomic mass is 16.5. The zero-order chi connectivity index (χ0) is 15.2. The fraction of sp³-hybridized carbons (Fsp3) is 0.176. The molecule has 0 bridgehead atoms. The number of carboxylic acid groups (broad SMARTS) is 1. The second-order valence-electron chi connectivity index (χ2n) is 4.93. The molecule has 0 aliphatic heterocycles. The summed E-state index contributed by atoms with van der Waals surface area (Å²) >= 11 is 0. The van der Waals surface area contributed by atoms with Crippen molar-refractivity contribution in [3.8, 4) is 11.6 Å². The Kier molecular flexibility index (Phi) is 4.72. The Balaban J connectivity index is 2.04. The highest BCUT2D eigenvalue weighted by Gasteiger charge is 2.01. The Morgan fingerprint density at radius 3 is 2.43 bits per heavy atom. The first-order chi connectivity index (χ1) is 10.0. The lowest BCUT2D eigenvalue weighted by Crippen LogP contribution is -1.90. The maximum Gasteiger partial charge on any atom is 0.328 e. The minimum absolute atomic E-state index is 0.472. The van der Waals surface area contributed by atoms with Crippen LogP contribution in [0.3, 0.4) is 0 Å². The molecule has 0 aliphatic rings. The minimum atomic E-state index is -0.986. The summed E-state index contributed by atoms with van der Waals surface area (Å²) in [6.45, 7) is 4.28. The molecule has 21 heavy (non-hydrogen) atoms. The number of benzene rings is 1. The van der Waals surface area contributed by atoms with Crippen molar-refractivity contribution in [1.82, 2.24) is 4.98 Å². The summed E-state index contributed by atoms with van der Waals surface area (Å²) < 4.78 is 5.64. The fourth-order valence-corrected chi connectivity index (χ4v) is 1.76. The van der Waals surface area contributed by atoms with Crippen LogP contribution in [0.25, 0.3) is 6.08 Å². The molecule has 0 radical (unpaired) electrons. The van der Waals surface area contributed by atoms with E-state index in [1.807, 2.05) is 24.3 Å². The minimum Gasteiger partial charge on any atom is -0.478 e. The summed E-state index contributed by atoms with van der Waals surface area (Å²) in [4.78, 5) is 14.6. The molecule has 1 heterocycles. The van der Waals surface area contributed by atoms with Crippen molar-refractivity contribution in [2.45, 2.75) is 19.8 Å². The Labute approximate surface area is 123 Å². The summed E-state index contributed by atoms with van der Waals surface area (Å²) in [6, 6.07) is 11.3. The number of carboxylic acids is 1. The predicted molar refractivity (Wildman–Crippen MR) is 81.5 cm³/mol. The first-order valence-electron chi connectivity index (χ1n) is 6.69. The van der Waals surface area contributed by atoms with Gasteiger partial charge < -0.3 is 9.84 Å². The Bertz CT molecular complexity index is 628. The molecule has 0 atom stereocenters. The molecule has 1 aromatic carbocycles. The highest BCUT2D eigenvalue weighted by Crippen LogP contribution is 2.22. The molecular formula is C17H17NO3. The van der Waals surface area contributed by atoms with E-state index in [4.69, 9.17) is 9.84 Å². The Hall–Kier alpha value is -2.62. The van der Waals surface area contributed by atoms with Crippen LogP contribution in [0.2, 0.25) is 0 Å². The fourth-order valence-electron chi connectivity index (χ4n) is 1.76. The molecule has 0 amide bonds. The normalized spacial score (nSPS) is 11.0. The molecule has 108 valence electrons. The second kappa shape index (κ2) is 6.70. The summed E-state index contributed by atoms with van der Waals surface area (Å²) in [5.41, 5.74) is 1.96. The quantitative estimate of drug-likeness (QED) is 0.839. The predicted octanol–water partition coefficient (Wildman–Crippen LogP) is 4.10. The number of hydrogen-bond donors (Lipinski definition) is 1. The standard InChI is InChI=1S/C17H17NO3/c1-12(2)14-5-7-15(8-6-14)21-16-9-3-13(11-18-16)4-10-17(19)20/h3-12H,1-2H3,(H,19,20)/b10-4+. The van der Waals surface area contributed by atoms with Gasteiger partial charge in [0, 0.05) is 18.3 Å². The summed E-state index contributed by atoms with van der Waals surface area (Å²) in [5.74, 6) is 0.693. The average Bonchev–Trinajstić information content (AvgIpc) is 2.47. The lowest BCUT2D eigenvalue weighted by molar-refractivity contribution is -0.131. The maximum absolute atomic E-state index is 10.4. The third-order valence-electron chi connectivity index (χ3n) is 2.95. The van der Waals surface area contributed by atoms with E-state index >= 15 is 0 Å². The van der Waals surface area contributed by atoms with E-state index in [-0.39, 0.29) is 0 Å². The largest absolute Gasteiger partial charge is 0.478 e. The number of aromatic nitrogens is 1. The van der Waals surface area contributed by atoms with Gasteiger partial charge in [0.15, 0.2) is 0 Å². The number of carbonyl (C=O) groups is 1. The molecule has 0 saturated heterocycles.